The third-order valence-corrected chi connectivity index (χ3v) is 1.62. The van der Waals surface area contributed by atoms with Gasteiger partial charge in [0.1, 0.15) is 11.6 Å². The highest BCUT2D eigenvalue weighted by Gasteiger charge is 2.09. The van der Waals surface area contributed by atoms with Gasteiger partial charge in [0.15, 0.2) is 0 Å². The zero-order chi connectivity index (χ0) is 12.1. The highest BCUT2D eigenvalue weighted by Crippen LogP contribution is 2.23. The second-order valence-electron chi connectivity index (χ2n) is 2.80. The molecule has 1 rings (SSSR count). The van der Waals surface area contributed by atoms with Crippen molar-refractivity contribution < 1.29 is 22.7 Å². The Labute approximate surface area is 89.3 Å². The van der Waals surface area contributed by atoms with E-state index in [1.54, 1.807) is 0 Å². The van der Waals surface area contributed by atoms with Crippen LogP contribution < -0.4 is 10.5 Å². The van der Waals surface area contributed by atoms with Gasteiger partial charge in [0.2, 0.25) is 5.91 Å². The van der Waals surface area contributed by atoms with Crippen LogP contribution in [-0.4, -0.2) is 12.5 Å². The molecule has 0 atom stereocenters. The van der Waals surface area contributed by atoms with E-state index >= 15 is 0 Å². The Morgan fingerprint density at radius 1 is 1.44 bits per heavy atom. The number of rotatable bonds is 4. The molecule has 16 heavy (non-hydrogen) atoms. The summed E-state index contributed by atoms with van der Waals surface area (Å²) in [5.41, 5.74) is 4.97. The molecule has 0 aromatic heterocycles. The lowest BCUT2D eigenvalue weighted by atomic mass is 10.2. The fourth-order valence-corrected chi connectivity index (χ4v) is 1.02. The maximum atomic E-state index is 12.8. The van der Waals surface area contributed by atoms with Crippen molar-refractivity contribution in [2.45, 2.75) is 6.61 Å². The Morgan fingerprint density at radius 3 is 2.69 bits per heavy atom. The minimum atomic E-state index is -3.07. The predicted molar refractivity (Wildman–Crippen MR) is 51.3 cm³/mol. The first-order chi connectivity index (χ1) is 7.49. The Balaban J connectivity index is 3.02. The molecule has 86 valence electrons. The van der Waals surface area contributed by atoms with E-state index in [-0.39, 0.29) is 11.3 Å². The lowest BCUT2D eigenvalue weighted by Gasteiger charge is -2.07. The normalized spacial score (nSPS) is 11.0. The number of benzene rings is 1. The molecule has 3 nitrogen and oxygen atoms in total. The fourth-order valence-electron chi connectivity index (χ4n) is 1.02. The topological polar surface area (TPSA) is 52.3 Å². The molecule has 0 radical (unpaired) electrons. The molecule has 0 aliphatic heterocycles. The molecular weight excluding hydrogens is 223 g/mol. The Morgan fingerprint density at radius 2 is 2.12 bits per heavy atom. The number of carbonyl (C=O) groups excluding carboxylic acids is 1. The first-order valence-electron chi connectivity index (χ1n) is 4.21. The van der Waals surface area contributed by atoms with E-state index in [1.807, 2.05) is 0 Å². The van der Waals surface area contributed by atoms with Crippen LogP contribution in [0.1, 0.15) is 5.56 Å². The van der Waals surface area contributed by atoms with E-state index in [0.29, 0.717) is 0 Å². The fraction of sp³-hybridized carbons (Fsp3) is 0.100. The van der Waals surface area contributed by atoms with Gasteiger partial charge < -0.3 is 10.5 Å². The Kier molecular flexibility index (Phi) is 3.93. The van der Waals surface area contributed by atoms with E-state index in [0.717, 1.165) is 18.2 Å². The number of alkyl halides is 2. The van der Waals surface area contributed by atoms with Gasteiger partial charge in [-0.2, -0.15) is 8.78 Å². The zero-order valence-corrected chi connectivity index (χ0v) is 7.99. The molecule has 0 fully saturated rings. The summed E-state index contributed by atoms with van der Waals surface area (Å²) in [6, 6.07) is 3.05. The quantitative estimate of drug-likeness (QED) is 0.805. The van der Waals surface area contributed by atoms with E-state index in [4.69, 9.17) is 5.73 Å². The summed E-state index contributed by atoms with van der Waals surface area (Å²) in [6.45, 7) is -3.07. The average Bonchev–Trinajstić information content (AvgIpc) is 2.15. The van der Waals surface area contributed by atoms with Gasteiger partial charge in [0.05, 0.1) is 0 Å². The van der Waals surface area contributed by atoms with Crippen molar-refractivity contribution in [3.05, 3.63) is 35.7 Å². The molecule has 0 saturated heterocycles. The summed E-state index contributed by atoms with van der Waals surface area (Å²) in [5.74, 6) is -1.81. The molecule has 1 aromatic carbocycles. The van der Waals surface area contributed by atoms with Crippen molar-refractivity contribution in [2.75, 3.05) is 0 Å². The summed E-state index contributed by atoms with van der Waals surface area (Å²) in [5, 5.41) is 0. The molecule has 0 heterocycles. The van der Waals surface area contributed by atoms with Crippen LogP contribution in [0.15, 0.2) is 24.3 Å². The van der Waals surface area contributed by atoms with Crippen LogP contribution in [-0.2, 0) is 4.79 Å². The maximum Gasteiger partial charge on any atom is 0.387 e. The van der Waals surface area contributed by atoms with Crippen molar-refractivity contribution in [3.8, 4) is 5.75 Å². The van der Waals surface area contributed by atoms with Gasteiger partial charge in [-0.3, -0.25) is 4.79 Å². The minimum absolute atomic E-state index is 0.139. The van der Waals surface area contributed by atoms with Crippen molar-refractivity contribution in [3.63, 3.8) is 0 Å². The van der Waals surface area contributed by atoms with Crippen LogP contribution in [0.5, 0.6) is 5.75 Å². The number of primary amides is 1. The van der Waals surface area contributed by atoms with E-state index in [1.165, 1.54) is 12.1 Å². The molecular formula is C10H8F3NO2. The Bertz CT molecular complexity index is 419. The number of carbonyl (C=O) groups is 1. The highest BCUT2D eigenvalue weighted by atomic mass is 19.3. The van der Waals surface area contributed by atoms with Crippen LogP contribution >= 0.6 is 0 Å². The third-order valence-electron chi connectivity index (χ3n) is 1.62. The molecule has 0 unspecified atom stereocenters. The molecule has 6 heteroatoms. The van der Waals surface area contributed by atoms with Crippen molar-refractivity contribution in [1.29, 1.82) is 0 Å². The number of ether oxygens (including phenoxy) is 1. The number of halogens is 3. The van der Waals surface area contributed by atoms with E-state index in [9.17, 15) is 18.0 Å². The lowest BCUT2D eigenvalue weighted by molar-refractivity contribution is -0.113. The zero-order valence-electron chi connectivity index (χ0n) is 7.99. The number of hydrogen-bond donors (Lipinski definition) is 1. The second kappa shape index (κ2) is 5.20. The predicted octanol–water partition coefficient (Wildman–Crippen LogP) is 1.93. The lowest BCUT2D eigenvalue weighted by Crippen LogP contribution is -2.06. The molecule has 1 aromatic rings. The van der Waals surface area contributed by atoms with Gasteiger partial charge >= 0.3 is 6.61 Å². The maximum absolute atomic E-state index is 12.8. The van der Waals surface area contributed by atoms with Gasteiger partial charge in [-0.15, -0.1) is 0 Å². The van der Waals surface area contributed by atoms with Crippen LogP contribution in [0.2, 0.25) is 0 Å². The van der Waals surface area contributed by atoms with E-state index < -0.39 is 18.3 Å². The van der Waals surface area contributed by atoms with Crippen LogP contribution in [0.4, 0.5) is 13.2 Å². The summed E-state index contributed by atoms with van der Waals surface area (Å²) < 4.78 is 40.8. The third kappa shape index (κ3) is 3.64. The first kappa shape index (κ1) is 12.1. The van der Waals surface area contributed by atoms with Crippen molar-refractivity contribution in [1.82, 2.24) is 0 Å². The van der Waals surface area contributed by atoms with Crippen molar-refractivity contribution >= 4 is 12.0 Å². The molecule has 0 spiro atoms. The van der Waals surface area contributed by atoms with Gasteiger partial charge in [0.25, 0.3) is 0 Å². The standard InChI is InChI=1S/C10H8F3NO2/c11-7-3-1-6(2-4-9(14)15)8(5-7)16-10(12)13/h1-5,10H,(H2,14,15). The summed E-state index contributed by atoms with van der Waals surface area (Å²) in [4.78, 5) is 10.4. The average molecular weight is 231 g/mol. The number of hydrogen-bond acceptors (Lipinski definition) is 2. The van der Waals surface area contributed by atoms with Gasteiger partial charge in [-0.25, -0.2) is 4.39 Å². The Hall–Kier alpha value is -1.98. The smallest absolute Gasteiger partial charge is 0.387 e. The van der Waals surface area contributed by atoms with Crippen LogP contribution in [0, 0.1) is 5.82 Å². The van der Waals surface area contributed by atoms with Crippen molar-refractivity contribution in [2.24, 2.45) is 5.73 Å². The largest absolute Gasteiger partial charge is 0.434 e. The first-order valence-corrected chi connectivity index (χ1v) is 4.21. The number of amides is 1. The minimum Gasteiger partial charge on any atom is -0.434 e. The summed E-state index contributed by atoms with van der Waals surface area (Å²) >= 11 is 0. The second-order valence-corrected chi connectivity index (χ2v) is 2.80. The SMILES string of the molecule is NC(=O)C=Cc1ccc(F)cc1OC(F)F. The molecule has 1 amide bonds. The summed E-state index contributed by atoms with van der Waals surface area (Å²) in [7, 11) is 0. The van der Waals surface area contributed by atoms with Crippen LogP contribution in [0.25, 0.3) is 6.08 Å². The summed E-state index contributed by atoms with van der Waals surface area (Å²) in [6.07, 6.45) is 2.13. The van der Waals surface area contributed by atoms with Gasteiger partial charge in [0, 0.05) is 17.7 Å². The molecule has 2 N–H and O–H groups in total. The van der Waals surface area contributed by atoms with Gasteiger partial charge in [-0.05, 0) is 18.2 Å². The van der Waals surface area contributed by atoms with Gasteiger partial charge in [-0.1, -0.05) is 0 Å². The molecule has 0 saturated carbocycles. The monoisotopic (exact) mass is 231 g/mol. The molecule has 0 aliphatic carbocycles. The number of nitrogens with two attached hydrogens (primary N) is 1. The molecule has 0 bridgehead atoms. The molecule has 0 aliphatic rings. The van der Waals surface area contributed by atoms with E-state index in [2.05, 4.69) is 4.74 Å². The van der Waals surface area contributed by atoms with Crippen LogP contribution in [0.3, 0.4) is 0 Å². The highest BCUT2D eigenvalue weighted by molar-refractivity contribution is 5.90.